The first-order chi connectivity index (χ1) is 20.0. The predicted octanol–water partition coefficient (Wildman–Crippen LogP) is 3.61. The van der Waals surface area contributed by atoms with Crippen LogP contribution in [0.25, 0.3) is 21.4 Å². The van der Waals surface area contributed by atoms with Crippen molar-refractivity contribution in [3.05, 3.63) is 50.2 Å². The minimum Gasteiger partial charge on any atom is -0.425 e. The number of carbonyl (C=O) groups excluding carboxylic acids is 5. The molecule has 1 aromatic heterocycles. The normalized spacial score (nSPS) is 19.1. The van der Waals surface area contributed by atoms with E-state index >= 15 is 0 Å². The highest BCUT2D eigenvalue weighted by atomic mass is 16.9. The number of imide groups is 1. The number of aryl methyl sites for hydroxylation is 1. The minimum atomic E-state index is -1.34. The van der Waals surface area contributed by atoms with Crippen LogP contribution in [0.15, 0.2) is 32.5 Å². The summed E-state index contributed by atoms with van der Waals surface area (Å²) >= 11 is 0. The first kappa shape index (κ1) is 30.1. The molecule has 1 saturated carbocycles. The van der Waals surface area contributed by atoms with Crippen molar-refractivity contribution in [2.75, 3.05) is 6.54 Å². The molecule has 0 spiro atoms. The van der Waals surface area contributed by atoms with Gasteiger partial charge in [0.25, 0.3) is 11.8 Å². The Morgan fingerprint density at radius 2 is 1.81 bits per heavy atom. The molecule has 1 saturated heterocycles. The number of hydroxylamine groups is 2. The van der Waals surface area contributed by atoms with Crippen LogP contribution in [0.4, 0.5) is 10.5 Å². The Hall–Kier alpha value is -4.91. The number of azide groups is 1. The Bertz CT molecular complexity index is 1510. The zero-order valence-electron chi connectivity index (χ0n) is 23.0. The van der Waals surface area contributed by atoms with Crippen LogP contribution in [0, 0.1) is 18.8 Å². The van der Waals surface area contributed by atoms with E-state index in [1.807, 2.05) is 0 Å². The molecule has 42 heavy (non-hydrogen) atoms. The summed E-state index contributed by atoms with van der Waals surface area (Å²) in [5.74, 6) is -2.53. The summed E-state index contributed by atoms with van der Waals surface area (Å²) in [6.45, 7) is 3.40. The lowest BCUT2D eigenvalue weighted by atomic mass is 9.82. The molecular weight excluding hydrogens is 554 g/mol. The summed E-state index contributed by atoms with van der Waals surface area (Å²) in [4.78, 5) is 79.9. The van der Waals surface area contributed by atoms with Crippen LogP contribution < -0.4 is 10.9 Å². The van der Waals surface area contributed by atoms with Crippen LogP contribution in [0.1, 0.15) is 56.6 Å². The summed E-state index contributed by atoms with van der Waals surface area (Å²) in [5.41, 5.74) is 9.36. The number of carbonyl (C=O) groups is 5. The van der Waals surface area contributed by atoms with Crippen molar-refractivity contribution in [3.63, 3.8) is 0 Å². The average Bonchev–Trinajstić information content (AvgIpc) is 3.26. The maximum atomic E-state index is 12.6. The van der Waals surface area contributed by atoms with E-state index in [4.69, 9.17) is 19.4 Å². The molecule has 2 heterocycles. The van der Waals surface area contributed by atoms with Gasteiger partial charge in [-0.15, -0.1) is 0 Å². The standard InChI is InChI=1S/C27H29N5O10/c1-14-19-8-7-18(30-31-28)11-21(19)41-26(37)20(14)12-22(33)29-13-16-3-5-17(6-4-16)25(36)39-15(2)40-27(38)42-32-23(34)9-10-24(32)35/h7-8,11,15-17H,3-6,9-10,12-13H2,1-2H3,(H,29,33). The lowest BCUT2D eigenvalue weighted by Crippen LogP contribution is -2.36. The van der Waals surface area contributed by atoms with Gasteiger partial charge in [-0.25, -0.2) is 9.59 Å². The first-order valence-electron chi connectivity index (χ1n) is 13.4. The van der Waals surface area contributed by atoms with Gasteiger partial charge < -0.3 is 19.2 Å². The largest absolute Gasteiger partial charge is 0.537 e. The van der Waals surface area contributed by atoms with Gasteiger partial charge in [-0.3, -0.25) is 24.0 Å². The summed E-state index contributed by atoms with van der Waals surface area (Å²) in [6, 6.07) is 4.72. The SMILES string of the molecule is Cc1c(CC(=O)NCC2CCC(C(=O)OC(C)OC(=O)ON3C(=O)CCC3=O)CC2)c(=O)oc2cc(N=[N+]=[N-])ccc12. The first-order valence-corrected chi connectivity index (χ1v) is 13.4. The molecule has 4 rings (SSSR count). The molecule has 3 amide bonds. The number of ether oxygens (including phenoxy) is 2. The maximum Gasteiger partial charge on any atom is 0.537 e. The van der Waals surface area contributed by atoms with Gasteiger partial charge in [0.2, 0.25) is 12.2 Å². The van der Waals surface area contributed by atoms with Crippen molar-refractivity contribution < 1.29 is 42.7 Å². The molecule has 15 heteroatoms. The fourth-order valence-electron chi connectivity index (χ4n) is 4.96. The van der Waals surface area contributed by atoms with Gasteiger partial charge >= 0.3 is 17.8 Å². The number of nitrogens with one attached hydrogen (secondary N) is 1. The van der Waals surface area contributed by atoms with Gasteiger partial charge in [0, 0.05) is 42.3 Å². The maximum absolute atomic E-state index is 12.6. The predicted molar refractivity (Wildman–Crippen MR) is 142 cm³/mol. The number of benzene rings is 1. The topological polar surface area (TPSA) is 207 Å². The van der Waals surface area contributed by atoms with Crippen molar-refractivity contribution in [2.45, 2.75) is 65.1 Å². The van der Waals surface area contributed by atoms with Gasteiger partial charge in [-0.1, -0.05) is 22.3 Å². The average molecular weight is 584 g/mol. The molecule has 1 atom stereocenters. The van der Waals surface area contributed by atoms with Crippen LogP contribution in [-0.4, -0.2) is 47.7 Å². The van der Waals surface area contributed by atoms with E-state index < -0.39 is 41.8 Å². The second kappa shape index (κ2) is 13.2. The van der Waals surface area contributed by atoms with Crippen LogP contribution in [0.3, 0.4) is 0 Å². The van der Waals surface area contributed by atoms with Gasteiger partial charge in [0.15, 0.2) is 0 Å². The third kappa shape index (κ3) is 7.23. The second-order valence-corrected chi connectivity index (χ2v) is 10.1. The van der Waals surface area contributed by atoms with Crippen LogP contribution in [-0.2, 0) is 39.9 Å². The van der Waals surface area contributed by atoms with Gasteiger partial charge in [-0.2, -0.15) is 0 Å². The van der Waals surface area contributed by atoms with Crippen LogP contribution >= 0.6 is 0 Å². The van der Waals surface area contributed by atoms with E-state index in [2.05, 4.69) is 20.2 Å². The van der Waals surface area contributed by atoms with Crippen molar-refractivity contribution in [3.8, 4) is 0 Å². The Morgan fingerprint density at radius 1 is 1.12 bits per heavy atom. The van der Waals surface area contributed by atoms with Crippen molar-refractivity contribution in [1.29, 1.82) is 0 Å². The molecule has 2 aromatic rings. The Morgan fingerprint density at radius 3 is 2.48 bits per heavy atom. The van der Waals surface area contributed by atoms with E-state index in [9.17, 15) is 28.8 Å². The van der Waals surface area contributed by atoms with Crippen molar-refractivity contribution in [2.24, 2.45) is 17.0 Å². The molecule has 1 aliphatic carbocycles. The van der Waals surface area contributed by atoms with E-state index in [1.54, 1.807) is 19.1 Å². The Balaban J connectivity index is 1.20. The van der Waals surface area contributed by atoms with E-state index in [0.717, 1.165) is 0 Å². The molecule has 0 radical (unpaired) electrons. The number of fused-ring (bicyclic) bond motifs is 1. The number of hydrogen-bond acceptors (Lipinski definition) is 11. The lowest BCUT2D eigenvalue weighted by molar-refractivity contribution is -0.193. The Kier molecular flexibility index (Phi) is 9.42. The fraction of sp³-hybridized carbons (Fsp3) is 0.481. The summed E-state index contributed by atoms with van der Waals surface area (Å²) in [5, 5.41) is 7.31. The fourth-order valence-corrected chi connectivity index (χ4v) is 4.96. The zero-order valence-corrected chi connectivity index (χ0v) is 23.0. The molecule has 1 aromatic carbocycles. The number of hydrogen-bond donors (Lipinski definition) is 1. The highest BCUT2D eigenvalue weighted by Gasteiger charge is 2.34. The van der Waals surface area contributed by atoms with E-state index in [0.29, 0.717) is 53.9 Å². The number of esters is 1. The van der Waals surface area contributed by atoms with Gasteiger partial charge in [-0.05, 0) is 55.7 Å². The van der Waals surface area contributed by atoms with Crippen LogP contribution in [0.2, 0.25) is 0 Å². The van der Waals surface area contributed by atoms with Gasteiger partial charge in [0.1, 0.15) is 5.58 Å². The smallest absolute Gasteiger partial charge is 0.425 e. The van der Waals surface area contributed by atoms with E-state index in [1.165, 1.54) is 13.0 Å². The highest BCUT2D eigenvalue weighted by molar-refractivity contribution is 6.01. The summed E-state index contributed by atoms with van der Waals surface area (Å²) in [6.07, 6.45) is -0.641. The minimum absolute atomic E-state index is 0.0622. The van der Waals surface area contributed by atoms with E-state index in [-0.39, 0.29) is 42.2 Å². The van der Waals surface area contributed by atoms with Crippen molar-refractivity contribution in [1.82, 2.24) is 10.4 Å². The third-order valence-corrected chi connectivity index (χ3v) is 7.25. The number of amides is 3. The quantitative estimate of drug-likeness (QED) is 0.0862. The molecule has 222 valence electrons. The number of nitrogens with zero attached hydrogens (tertiary/aromatic N) is 4. The lowest BCUT2D eigenvalue weighted by Gasteiger charge is -2.28. The third-order valence-electron chi connectivity index (χ3n) is 7.25. The summed E-state index contributed by atoms with van der Waals surface area (Å²) < 4.78 is 15.3. The molecular formula is C27H29N5O10. The molecule has 1 unspecified atom stereocenters. The summed E-state index contributed by atoms with van der Waals surface area (Å²) in [7, 11) is 0. The molecule has 1 aliphatic heterocycles. The molecule has 15 nitrogen and oxygen atoms in total. The second-order valence-electron chi connectivity index (χ2n) is 10.1. The molecule has 2 fully saturated rings. The monoisotopic (exact) mass is 583 g/mol. The Labute approximate surface area is 238 Å². The molecule has 1 N–H and O–H groups in total. The highest BCUT2D eigenvalue weighted by Crippen LogP contribution is 2.30. The zero-order chi connectivity index (χ0) is 30.4. The van der Waals surface area contributed by atoms with Crippen molar-refractivity contribution >= 4 is 46.5 Å². The molecule has 0 bridgehead atoms. The van der Waals surface area contributed by atoms with Crippen LogP contribution in [0.5, 0.6) is 0 Å². The number of rotatable bonds is 9. The molecule has 2 aliphatic rings. The van der Waals surface area contributed by atoms with Gasteiger partial charge in [0.05, 0.1) is 17.9 Å².